The number of anilines is 1. The average Bonchev–Trinajstić information content (AvgIpc) is 2.61. The number of aryl methyl sites for hydroxylation is 2. The third kappa shape index (κ3) is 1.29. The van der Waals surface area contributed by atoms with E-state index >= 15 is 0 Å². The summed E-state index contributed by atoms with van der Waals surface area (Å²) in [5.74, 6) is 1.08. The van der Waals surface area contributed by atoms with Gasteiger partial charge in [0.15, 0.2) is 0 Å². The Bertz CT molecular complexity index is 572. The van der Waals surface area contributed by atoms with Crippen molar-refractivity contribution in [3.63, 3.8) is 0 Å². The van der Waals surface area contributed by atoms with Gasteiger partial charge < -0.3 is 5.32 Å². The van der Waals surface area contributed by atoms with Crippen molar-refractivity contribution in [2.75, 3.05) is 5.32 Å². The second-order valence-corrected chi connectivity index (χ2v) is 4.82. The van der Waals surface area contributed by atoms with Gasteiger partial charge in [0.05, 0.1) is 5.52 Å². The number of benzene rings is 1. The van der Waals surface area contributed by atoms with Gasteiger partial charge in [0.25, 0.3) is 0 Å². The summed E-state index contributed by atoms with van der Waals surface area (Å²) in [5.41, 5.74) is 5.09. The summed E-state index contributed by atoms with van der Waals surface area (Å²) in [6.45, 7) is 6.49. The normalized spacial score (nSPS) is 18.6. The standard InChI is InChI=1S/C14H16N2/c1-8-4-5-11-7-12-6-9(2)15-14(12)16-13(11)10(8)3/h4-5,7,9H,6H2,1-3H3,(H,15,16). The van der Waals surface area contributed by atoms with Gasteiger partial charge in [-0.3, -0.25) is 0 Å². The van der Waals surface area contributed by atoms with E-state index in [-0.39, 0.29) is 0 Å². The molecule has 1 unspecified atom stereocenters. The SMILES string of the molecule is Cc1ccc2cc3c(nc2c1C)NC(C)C3. The Labute approximate surface area is 95.7 Å². The van der Waals surface area contributed by atoms with E-state index < -0.39 is 0 Å². The zero-order valence-corrected chi connectivity index (χ0v) is 9.96. The van der Waals surface area contributed by atoms with E-state index in [1.54, 1.807) is 0 Å². The summed E-state index contributed by atoms with van der Waals surface area (Å²) in [7, 11) is 0. The highest BCUT2D eigenvalue weighted by atomic mass is 15.0. The monoisotopic (exact) mass is 212 g/mol. The molecular formula is C14H16N2. The van der Waals surface area contributed by atoms with Crippen molar-refractivity contribution in [3.8, 4) is 0 Å². The van der Waals surface area contributed by atoms with Crippen molar-refractivity contribution in [2.24, 2.45) is 0 Å². The molecular weight excluding hydrogens is 196 g/mol. The molecule has 0 amide bonds. The first kappa shape index (κ1) is 9.64. The molecule has 3 rings (SSSR count). The Morgan fingerprint density at radius 2 is 2.12 bits per heavy atom. The number of aromatic nitrogens is 1. The molecule has 82 valence electrons. The van der Waals surface area contributed by atoms with Gasteiger partial charge in [-0.1, -0.05) is 12.1 Å². The summed E-state index contributed by atoms with van der Waals surface area (Å²) in [6, 6.07) is 7.15. The van der Waals surface area contributed by atoms with Crippen molar-refractivity contribution in [2.45, 2.75) is 33.2 Å². The van der Waals surface area contributed by atoms with E-state index in [1.807, 2.05) is 0 Å². The van der Waals surface area contributed by atoms with Crippen LogP contribution in [-0.4, -0.2) is 11.0 Å². The molecule has 2 heteroatoms. The smallest absolute Gasteiger partial charge is 0.130 e. The lowest BCUT2D eigenvalue weighted by Crippen LogP contribution is -2.08. The molecule has 2 nitrogen and oxygen atoms in total. The largest absolute Gasteiger partial charge is 0.367 e. The maximum Gasteiger partial charge on any atom is 0.130 e. The van der Waals surface area contributed by atoms with Crippen LogP contribution in [0.2, 0.25) is 0 Å². The van der Waals surface area contributed by atoms with Gasteiger partial charge in [-0.05, 0) is 49.9 Å². The molecule has 16 heavy (non-hydrogen) atoms. The number of fused-ring (bicyclic) bond motifs is 2. The number of pyridine rings is 1. The topological polar surface area (TPSA) is 24.9 Å². The van der Waals surface area contributed by atoms with Crippen LogP contribution in [0, 0.1) is 13.8 Å². The maximum absolute atomic E-state index is 4.76. The number of hydrogen-bond acceptors (Lipinski definition) is 2. The lowest BCUT2D eigenvalue weighted by atomic mass is 10.0. The molecule has 0 saturated heterocycles. The summed E-state index contributed by atoms with van der Waals surface area (Å²) in [6.07, 6.45) is 1.09. The van der Waals surface area contributed by atoms with Gasteiger partial charge in [-0.15, -0.1) is 0 Å². The number of rotatable bonds is 0. The van der Waals surface area contributed by atoms with Gasteiger partial charge >= 0.3 is 0 Å². The van der Waals surface area contributed by atoms with Crippen LogP contribution in [0.5, 0.6) is 0 Å². The van der Waals surface area contributed by atoms with E-state index in [4.69, 9.17) is 4.98 Å². The zero-order valence-electron chi connectivity index (χ0n) is 9.96. The van der Waals surface area contributed by atoms with Crippen molar-refractivity contribution in [1.29, 1.82) is 0 Å². The third-order valence-corrected chi connectivity index (χ3v) is 3.50. The minimum absolute atomic E-state index is 0.515. The van der Waals surface area contributed by atoms with Crippen molar-refractivity contribution in [3.05, 3.63) is 34.9 Å². The van der Waals surface area contributed by atoms with Gasteiger partial charge in [0.2, 0.25) is 0 Å². The quantitative estimate of drug-likeness (QED) is 0.725. The molecule has 0 radical (unpaired) electrons. The van der Waals surface area contributed by atoms with E-state index in [2.05, 4.69) is 44.3 Å². The van der Waals surface area contributed by atoms with Crippen LogP contribution in [0.1, 0.15) is 23.6 Å². The van der Waals surface area contributed by atoms with Crippen LogP contribution in [0.4, 0.5) is 5.82 Å². The zero-order chi connectivity index (χ0) is 11.3. The summed E-state index contributed by atoms with van der Waals surface area (Å²) in [4.78, 5) is 4.76. The molecule has 0 saturated carbocycles. The van der Waals surface area contributed by atoms with Crippen LogP contribution in [0.3, 0.4) is 0 Å². The van der Waals surface area contributed by atoms with Crippen molar-refractivity contribution < 1.29 is 0 Å². The fraction of sp³-hybridized carbons (Fsp3) is 0.357. The molecule has 0 bridgehead atoms. The van der Waals surface area contributed by atoms with Gasteiger partial charge in [-0.2, -0.15) is 0 Å². The fourth-order valence-corrected chi connectivity index (χ4v) is 2.42. The number of nitrogens with one attached hydrogen (secondary N) is 1. The number of nitrogens with zero attached hydrogens (tertiary/aromatic N) is 1. The van der Waals surface area contributed by atoms with Crippen LogP contribution in [-0.2, 0) is 6.42 Å². The van der Waals surface area contributed by atoms with Gasteiger partial charge in [-0.25, -0.2) is 4.98 Å². The van der Waals surface area contributed by atoms with Crippen LogP contribution < -0.4 is 5.32 Å². The lowest BCUT2D eigenvalue weighted by Gasteiger charge is -2.07. The fourth-order valence-electron chi connectivity index (χ4n) is 2.42. The van der Waals surface area contributed by atoms with E-state index in [0.29, 0.717) is 6.04 Å². The molecule has 1 N–H and O–H groups in total. The first-order chi connectivity index (χ1) is 7.65. The lowest BCUT2D eigenvalue weighted by molar-refractivity contribution is 0.839. The molecule has 1 aliphatic heterocycles. The molecule has 1 aromatic heterocycles. The van der Waals surface area contributed by atoms with Crippen LogP contribution in [0.15, 0.2) is 18.2 Å². The van der Waals surface area contributed by atoms with Crippen LogP contribution in [0.25, 0.3) is 10.9 Å². The summed E-state index contributed by atoms with van der Waals surface area (Å²) in [5, 5.41) is 4.69. The van der Waals surface area contributed by atoms with Gasteiger partial charge in [0, 0.05) is 11.4 Å². The minimum atomic E-state index is 0.515. The van der Waals surface area contributed by atoms with Crippen LogP contribution >= 0.6 is 0 Å². The molecule has 1 aliphatic rings. The van der Waals surface area contributed by atoms with E-state index in [1.165, 1.54) is 22.1 Å². The first-order valence-electron chi connectivity index (χ1n) is 5.81. The highest BCUT2D eigenvalue weighted by molar-refractivity contribution is 5.86. The average molecular weight is 212 g/mol. The minimum Gasteiger partial charge on any atom is -0.367 e. The second kappa shape index (κ2) is 3.21. The highest BCUT2D eigenvalue weighted by Crippen LogP contribution is 2.29. The predicted octanol–water partition coefficient (Wildman–Crippen LogP) is 3.21. The highest BCUT2D eigenvalue weighted by Gasteiger charge is 2.19. The van der Waals surface area contributed by atoms with Crippen molar-refractivity contribution in [1.82, 2.24) is 4.98 Å². The Balaban J connectivity index is 2.31. The van der Waals surface area contributed by atoms with Crippen molar-refractivity contribution >= 4 is 16.7 Å². The molecule has 2 aromatic rings. The summed E-state index contributed by atoms with van der Waals surface area (Å²) >= 11 is 0. The molecule has 1 aromatic carbocycles. The molecule has 0 spiro atoms. The maximum atomic E-state index is 4.76. The van der Waals surface area contributed by atoms with E-state index in [9.17, 15) is 0 Å². The number of hydrogen-bond donors (Lipinski definition) is 1. The van der Waals surface area contributed by atoms with Gasteiger partial charge in [0.1, 0.15) is 5.82 Å². The predicted molar refractivity (Wildman–Crippen MR) is 68.0 cm³/mol. The second-order valence-electron chi connectivity index (χ2n) is 4.82. The Kier molecular flexibility index (Phi) is 1.93. The molecule has 0 fully saturated rings. The third-order valence-electron chi connectivity index (χ3n) is 3.50. The Morgan fingerprint density at radius 3 is 2.94 bits per heavy atom. The molecule has 2 heterocycles. The Morgan fingerprint density at radius 1 is 1.31 bits per heavy atom. The first-order valence-corrected chi connectivity index (χ1v) is 5.81. The molecule has 0 aliphatic carbocycles. The Hall–Kier alpha value is -1.57. The molecule has 1 atom stereocenters. The van der Waals surface area contributed by atoms with E-state index in [0.717, 1.165) is 17.8 Å². The summed E-state index contributed by atoms with van der Waals surface area (Å²) < 4.78 is 0.